The summed E-state index contributed by atoms with van der Waals surface area (Å²) in [5, 5.41) is 8.54. The average Bonchev–Trinajstić information content (AvgIpc) is 3.34. The molecule has 1 saturated heterocycles. The van der Waals surface area contributed by atoms with Gasteiger partial charge >= 0.3 is 0 Å². The summed E-state index contributed by atoms with van der Waals surface area (Å²) >= 11 is 1.57. The van der Waals surface area contributed by atoms with Crippen molar-refractivity contribution in [2.75, 3.05) is 28.6 Å². The van der Waals surface area contributed by atoms with Crippen molar-refractivity contribution in [3.05, 3.63) is 108 Å². The number of carbonyl (C=O) groups is 1. The molecule has 44 heavy (non-hydrogen) atoms. The number of thiazole rings is 1. The minimum atomic E-state index is -0.00192. The van der Waals surface area contributed by atoms with Gasteiger partial charge in [-0.05, 0) is 73.2 Å². The molecule has 2 atom stereocenters. The van der Waals surface area contributed by atoms with E-state index in [1.165, 1.54) is 24.1 Å². The first-order valence-corrected chi connectivity index (χ1v) is 15.9. The minimum Gasteiger partial charge on any atom is -0.372 e. The quantitative estimate of drug-likeness (QED) is 0.188. The predicted molar refractivity (Wildman–Crippen MR) is 177 cm³/mol. The standard InChI is InChI=1S/C35H31N7OS/c43-33(29-22-28(29)23-7-2-1-3-8-23)37-26-10-6-9-24(21-26)31-32(42-19-20-44-35(42)40-31)30-15-16-36-34(39-30)38-25-11-13-27(14-12-25)41-17-4-5-18-41/h1-3,6-16,19-21,28-29H,4-5,17-18,22H2,(H,37,43)(H,36,38,39)/t28-,29+/m0/s1. The lowest BCUT2D eigenvalue weighted by Gasteiger charge is -2.17. The Kier molecular flexibility index (Phi) is 6.79. The van der Waals surface area contributed by atoms with Crippen LogP contribution >= 0.6 is 11.3 Å². The summed E-state index contributed by atoms with van der Waals surface area (Å²) in [4.78, 5) is 30.8. The number of nitrogens with one attached hydrogen (secondary N) is 2. The summed E-state index contributed by atoms with van der Waals surface area (Å²) in [6.45, 7) is 2.24. The molecule has 6 aromatic rings. The van der Waals surface area contributed by atoms with E-state index in [-0.39, 0.29) is 17.7 Å². The van der Waals surface area contributed by atoms with Gasteiger partial charge in [-0.15, -0.1) is 11.3 Å². The molecular formula is C35H31N7OS. The summed E-state index contributed by atoms with van der Waals surface area (Å²) in [6.07, 6.45) is 7.17. The van der Waals surface area contributed by atoms with Crippen LogP contribution in [0.1, 0.15) is 30.7 Å². The molecule has 2 N–H and O–H groups in total. The van der Waals surface area contributed by atoms with Crippen LogP contribution in [0.25, 0.3) is 27.6 Å². The fourth-order valence-corrected chi connectivity index (χ4v) is 6.89. The number of rotatable bonds is 8. The molecule has 3 aromatic heterocycles. The fourth-order valence-electron chi connectivity index (χ4n) is 6.18. The maximum atomic E-state index is 13.1. The molecule has 2 fully saturated rings. The first kappa shape index (κ1) is 26.6. The van der Waals surface area contributed by atoms with E-state index in [9.17, 15) is 4.79 Å². The van der Waals surface area contributed by atoms with E-state index in [2.05, 4.69) is 61.3 Å². The number of amides is 1. The van der Waals surface area contributed by atoms with Gasteiger partial charge in [0.2, 0.25) is 11.9 Å². The van der Waals surface area contributed by atoms with Gasteiger partial charge in [0.1, 0.15) is 5.69 Å². The van der Waals surface area contributed by atoms with Crippen molar-refractivity contribution in [2.24, 2.45) is 5.92 Å². The Morgan fingerprint density at radius 2 is 1.73 bits per heavy atom. The number of hydrogen-bond acceptors (Lipinski definition) is 7. The first-order valence-electron chi connectivity index (χ1n) is 15.1. The van der Waals surface area contributed by atoms with Gasteiger partial charge in [0, 0.05) is 59.4 Å². The Morgan fingerprint density at radius 3 is 2.57 bits per heavy atom. The van der Waals surface area contributed by atoms with Crippen LogP contribution in [0, 0.1) is 5.92 Å². The highest BCUT2D eigenvalue weighted by atomic mass is 32.1. The van der Waals surface area contributed by atoms with Crippen molar-refractivity contribution in [2.45, 2.75) is 25.2 Å². The van der Waals surface area contributed by atoms with Crippen LogP contribution in [-0.4, -0.2) is 38.3 Å². The largest absolute Gasteiger partial charge is 0.372 e. The Morgan fingerprint density at radius 1 is 0.886 bits per heavy atom. The lowest BCUT2D eigenvalue weighted by atomic mass is 10.1. The molecule has 1 amide bonds. The fraction of sp³-hybridized carbons (Fsp3) is 0.200. The summed E-state index contributed by atoms with van der Waals surface area (Å²) in [6, 6.07) is 28.6. The van der Waals surface area contributed by atoms with E-state index in [0.29, 0.717) is 5.95 Å². The minimum absolute atomic E-state index is 0.00192. The second-order valence-corrected chi connectivity index (χ2v) is 12.3. The van der Waals surface area contributed by atoms with Crippen molar-refractivity contribution in [3.8, 4) is 22.6 Å². The van der Waals surface area contributed by atoms with Crippen LogP contribution in [0.3, 0.4) is 0 Å². The van der Waals surface area contributed by atoms with Gasteiger partial charge in [-0.3, -0.25) is 9.20 Å². The molecule has 0 bridgehead atoms. The van der Waals surface area contributed by atoms with Gasteiger partial charge in [0.05, 0.1) is 11.4 Å². The zero-order chi connectivity index (χ0) is 29.5. The molecule has 8 nitrogen and oxygen atoms in total. The van der Waals surface area contributed by atoms with Gasteiger partial charge in [-0.25, -0.2) is 15.0 Å². The molecule has 1 saturated carbocycles. The second kappa shape index (κ2) is 11.2. The molecule has 218 valence electrons. The van der Waals surface area contributed by atoms with Crippen molar-refractivity contribution in [1.82, 2.24) is 19.4 Å². The van der Waals surface area contributed by atoms with Crippen molar-refractivity contribution < 1.29 is 4.79 Å². The Hall–Kier alpha value is -5.02. The highest BCUT2D eigenvalue weighted by Gasteiger charge is 2.43. The highest BCUT2D eigenvalue weighted by Crippen LogP contribution is 2.48. The van der Waals surface area contributed by atoms with E-state index >= 15 is 0 Å². The van der Waals surface area contributed by atoms with Crippen molar-refractivity contribution in [3.63, 3.8) is 0 Å². The maximum absolute atomic E-state index is 13.1. The molecular weight excluding hydrogens is 567 g/mol. The molecule has 3 aromatic carbocycles. The van der Waals surface area contributed by atoms with Crippen molar-refractivity contribution >= 4 is 45.2 Å². The molecule has 0 unspecified atom stereocenters. The second-order valence-electron chi connectivity index (χ2n) is 11.4. The predicted octanol–water partition coefficient (Wildman–Crippen LogP) is 7.61. The molecule has 9 heteroatoms. The molecule has 4 heterocycles. The number of fused-ring (bicyclic) bond motifs is 1. The number of nitrogens with zero attached hydrogens (tertiary/aromatic N) is 5. The van der Waals surface area contributed by atoms with E-state index < -0.39 is 0 Å². The highest BCUT2D eigenvalue weighted by molar-refractivity contribution is 7.15. The van der Waals surface area contributed by atoms with Crippen LogP contribution in [-0.2, 0) is 4.79 Å². The topological polar surface area (TPSA) is 87.5 Å². The SMILES string of the molecule is O=C(Nc1cccc(-c2nc3sccn3c2-c2ccnc(Nc3ccc(N4CCCC4)cc3)n2)c1)[C@@H]1C[C@H]1c1ccccc1. The van der Waals surface area contributed by atoms with Crippen LogP contribution in [0.15, 0.2) is 103 Å². The number of imidazole rings is 1. The molecule has 0 spiro atoms. The van der Waals surface area contributed by atoms with E-state index in [1.807, 2.05) is 60.1 Å². The third-order valence-electron chi connectivity index (χ3n) is 8.51. The summed E-state index contributed by atoms with van der Waals surface area (Å²) in [7, 11) is 0. The van der Waals surface area contributed by atoms with Gasteiger partial charge in [-0.1, -0.05) is 42.5 Å². The molecule has 2 aliphatic rings. The smallest absolute Gasteiger partial charge is 0.228 e. The lowest BCUT2D eigenvalue weighted by molar-refractivity contribution is -0.117. The number of hydrogen-bond donors (Lipinski definition) is 2. The van der Waals surface area contributed by atoms with E-state index in [4.69, 9.17) is 9.97 Å². The van der Waals surface area contributed by atoms with Gasteiger partial charge in [0.15, 0.2) is 4.96 Å². The van der Waals surface area contributed by atoms with E-state index in [0.717, 1.165) is 58.5 Å². The van der Waals surface area contributed by atoms with E-state index in [1.54, 1.807) is 17.5 Å². The first-order chi connectivity index (χ1) is 21.7. The third kappa shape index (κ3) is 5.20. The van der Waals surface area contributed by atoms with Gasteiger partial charge < -0.3 is 15.5 Å². The van der Waals surface area contributed by atoms with Crippen LogP contribution in [0.4, 0.5) is 23.0 Å². The Balaban J connectivity index is 1.05. The maximum Gasteiger partial charge on any atom is 0.228 e. The number of anilines is 4. The van der Waals surface area contributed by atoms with Gasteiger partial charge in [0.25, 0.3) is 0 Å². The molecule has 1 aliphatic heterocycles. The monoisotopic (exact) mass is 597 g/mol. The zero-order valence-corrected chi connectivity index (χ0v) is 24.9. The molecule has 1 aliphatic carbocycles. The normalized spacial score (nSPS) is 17.6. The van der Waals surface area contributed by atoms with Crippen LogP contribution < -0.4 is 15.5 Å². The number of aromatic nitrogens is 4. The van der Waals surface area contributed by atoms with Crippen molar-refractivity contribution in [1.29, 1.82) is 0 Å². The molecule has 0 radical (unpaired) electrons. The van der Waals surface area contributed by atoms with Crippen LogP contribution in [0.2, 0.25) is 0 Å². The third-order valence-corrected chi connectivity index (χ3v) is 9.27. The summed E-state index contributed by atoms with van der Waals surface area (Å²) in [5.74, 6) is 0.861. The number of carbonyl (C=O) groups excluding carboxylic acids is 1. The van der Waals surface area contributed by atoms with Crippen LogP contribution in [0.5, 0.6) is 0 Å². The average molecular weight is 598 g/mol. The zero-order valence-electron chi connectivity index (χ0n) is 24.1. The van der Waals surface area contributed by atoms with Gasteiger partial charge in [-0.2, -0.15) is 0 Å². The lowest BCUT2D eigenvalue weighted by Crippen LogP contribution is -2.17. The summed E-state index contributed by atoms with van der Waals surface area (Å²) < 4.78 is 2.07. The number of benzene rings is 3. The Bertz CT molecular complexity index is 1940. The molecule has 8 rings (SSSR count). The summed E-state index contributed by atoms with van der Waals surface area (Å²) in [5.41, 5.74) is 7.53. The Labute approximate surface area is 259 Å².